The van der Waals surface area contributed by atoms with E-state index in [9.17, 15) is 4.39 Å². The number of rotatable bonds is 4. The number of ether oxygens (including phenoxy) is 2. The number of hydrogen-bond acceptors (Lipinski definition) is 3. The maximum Gasteiger partial charge on any atom is 0.161 e. The third-order valence-corrected chi connectivity index (χ3v) is 3.67. The number of nitrogens with two attached hydrogens (primary N) is 1. The first-order chi connectivity index (χ1) is 10.3. The average Bonchev–Trinajstić information content (AvgIpc) is 2.52. The minimum absolute atomic E-state index is 0.0570. The summed E-state index contributed by atoms with van der Waals surface area (Å²) in [4.78, 5) is 0. The van der Waals surface area contributed by atoms with Gasteiger partial charge in [0.05, 0.1) is 0 Å². The van der Waals surface area contributed by atoms with E-state index in [1.807, 2.05) is 24.3 Å². The fraction of sp³-hybridized carbons (Fsp3) is 0.294. The zero-order valence-electron chi connectivity index (χ0n) is 11.7. The van der Waals surface area contributed by atoms with Gasteiger partial charge in [0, 0.05) is 5.92 Å². The number of benzene rings is 2. The molecule has 3 rings (SSSR count). The van der Waals surface area contributed by atoms with Crippen molar-refractivity contribution in [2.45, 2.75) is 12.3 Å². The lowest BCUT2D eigenvalue weighted by Gasteiger charge is -2.22. The van der Waals surface area contributed by atoms with E-state index in [4.69, 9.17) is 15.2 Å². The summed E-state index contributed by atoms with van der Waals surface area (Å²) in [5.74, 6) is 1.33. The van der Waals surface area contributed by atoms with Crippen LogP contribution in [0.4, 0.5) is 4.39 Å². The van der Waals surface area contributed by atoms with Crippen LogP contribution in [0.5, 0.6) is 11.5 Å². The maximum atomic E-state index is 13.5. The molecule has 0 aromatic heterocycles. The zero-order chi connectivity index (χ0) is 14.7. The summed E-state index contributed by atoms with van der Waals surface area (Å²) in [7, 11) is 0. The highest BCUT2D eigenvalue weighted by Crippen LogP contribution is 2.36. The molecule has 0 saturated carbocycles. The van der Waals surface area contributed by atoms with Gasteiger partial charge in [-0.3, -0.25) is 0 Å². The van der Waals surface area contributed by atoms with Crippen molar-refractivity contribution in [2.24, 2.45) is 5.73 Å². The van der Waals surface area contributed by atoms with Gasteiger partial charge in [0.2, 0.25) is 0 Å². The van der Waals surface area contributed by atoms with Crippen molar-refractivity contribution < 1.29 is 13.9 Å². The molecule has 1 unspecified atom stereocenters. The van der Waals surface area contributed by atoms with Crippen molar-refractivity contribution in [1.82, 2.24) is 0 Å². The van der Waals surface area contributed by atoms with Crippen LogP contribution in [0.1, 0.15) is 23.5 Å². The minimum Gasteiger partial charge on any atom is -0.486 e. The Labute approximate surface area is 123 Å². The van der Waals surface area contributed by atoms with Crippen LogP contribution in [0.15, 0.2) is 42.5 Å². The quantitative estimate of drug-likeness (QED) is 0.940. The predicted molar refractivity (Wildman–Crippen MR) is 79.3 cm³/mol. The van der Waals surface area contributed by atoms with Crippen molar-refractivity contribution in [2.75, 3.05) is 19.8 Å². The second-order valence-electron chi connectivity index (χ2n) is 5.09. The summed E-state index contributed by atoms with van der Waals surface area (Å²) in [6.07, 6.45) is 0.753. The van der Waals surface area contributed by atoms with Crippen LogP contribution in [0, 0.1) is 5.82 Å². The van der Waals surface area contributed by atoms with E-state index in [0.29, 0.717) is 19.8 Å². The fourth-order valence-corrected chi connectivity index (χ4v) is 2.69. The summed E-state index contributed by atoms with van der Waals surface area (Å²) >= 11 is 0. The molecule has 0 spiro atoms. The molecule has 0 bridgehead atoms. The molecular formula is C17H18FNO2. The Hall–Kier alpha value is -2.07. The first-order valence-electron chi connectivity index (χ1n) is 7.13. The molecule has 3 nitrogen and oxygen atoms in total. The van der Waals surface area contributed by atoms with Gasteiger partial charge in [-0.2, -0.15) is 0 Å². The highest BCUT2D eigenvalue weighted by atomic mass is 19.1. The van der Waals surface area contributed by atoms with E-state index in [0.717, 1.165) is 29.0 Å². The lowest BCUT2D eigenvalue weighted by molar-refractivity contribution is 0.171. The summed E-state index contributed by atoms with van der Waals surface area (Å²) in [5, 5.41) is 0. The van der Waals surface area contributed by atoms with Gasteiger partial charge in [-0.25, -0.2) is 4.39 Å². The average molecular weight is 287 g/mol. The van der Waals surface area contributed by atoms with Crippen molar-refractivity contribution >= 4 is 0 Å². The van der Waals surface area contributed by atoms with E-state index in [1.54, 1.807) is 12.1 Å². The molecule has 110 valence electrons. The van der Waals surface area contributed by atoms with Gasteiger partial charge >= 0.3 is 0 Å². The molecule has 0 saturated heterocycles. The molecule has 2 aromatic carbocycles. The van der Waals surface area contributed by atoms with Crippen molar-refractivity contribution in [3.8, 4) is 11.5 Å². The lowest BCUT2D eigenvalue weighted by Crippen LogP contribution is -2.16. The van der Waals surface area contributed by atoms with Crippen molar-refractivity contribution in [3.05, 3.63) is 59.4 Å². The van der Waals surface area contributed by atoms with Crippen LogP contribution in [0.2, 0.25) is 0 Å². The van der Waals surface area contributed by atoms with E-state index in [1.165, 1.54) is 6.07 Å². The molecule has 1 atom stereocenters. The van der Waals surface area contributed by atoms with Gasteiger partial charge < -0.3 is 15.2 Å². The van der Waals surface area contributed by atoms with Crippen molar-refractivity contribution in [3.63, 3.8) is 0 Å². The van der Waals surface area contributed by atoms with Gasteiger partial charge in [0.1, 0.15) is 19.0 Å². The van der Waals surface area contributed by atoms with Gasteiger partial charge in [-0.15, -0.1) is 0 Å². The van der Waals surface area contributed by atoms with Crippen LogP contribution in [-0.4, -0.2) is 19.8 Å². The first kappa shape index (κ1) is 13.9. The highest BCUT2D eigenvalue weighted by molar-refractivity contribution is 5.46. The first-order valence-corrected chi connectivity index (χ1v) is 7.13. The van der Waals surface area contributed by atoms with E-state index >= 15 is 0 Å². The second-order valence-corrected chi connectivity index (χ2v) is 5.09. The SMILES string of the molecule is NCCC(c1cccc(F)c1)c1ccc2c(c1)OCCO2. The summed E-state index contributed by atoms with van der Waals surface area (Å²) in [5.41, 5.74) is 7.72. The molecule has 1 aliphatic rings. The lowest BCUT2D eigenvalue weighted by atomic mass is 9.88. The van der Waals surface area contributed by atoms with Gasteiger partial charge in [0.15, 0.2) is 11.5 Å². The van der Waals surface area contributed by atoms with Crippen LogP contribution in [0.25, 0.3) is 0 Å². The molecule has 21 heavy (non-hydrogen) atoms. The van der Waals surface area contributed by atoms with Gasteiger partial charge in [0.25, 0.3) is 0 Å². The van der Waals surface area contributed by atoms with E-state index < -0.39 is 0 Å². The van der Waals surface area contributed by atoms with E-state index in [2.05, 4.69) is 0 Å². The summed E-state index contributed by atoms with van der Waals surface area (Å²) in [6, 6.07) is 12.6. The largest absolute Gasteiger partial charge is 0.486 e. The van der Waals surface area contributed by atoms with E-state index in [-0.39, 0.29) is 11.7 Å². The standard InChI is InChI=1S/C17H18FNO2/c18-14-3-1-2-12(10-14)15(6-7-19)13-4-5-16-17(11-13)21-9-8-20-16/h1-5,10-11,15H,6-9,19H2. The summed E-state index contributed by atoms with van der Waals surface area (Å²) < 4.78 is 24.6. The summed E-state index contributed by atoms with van der Waals surface area (Å²) in [6.45, 7) is 1.66. The van der Waals surface area contributed by atoms with Crippen LogP contribution >= 0.6 is 0 Å². The van der Waals surface area contributed by atoms with Gasteiger partial charge in [-0.05, 0) is 48.4 Å². The predicted octanol–water partition coefficient (Wildman–Crippen LogP) is 3.08. The zero-order valence-corrected chi connectivity index (χ0v) is 11.7. The normalized spacial score (nSPS) is 14.8. The molecule has 2 N–H and O–H groups in total. The smallest absolute Gasteiger partial charge is 0.161 e. The van der Waals surface area contributed by atoms with Crippen molar-refractivity contribution in [1.29, 1.82) is 0 Å². The Bertz CT molecular complexity index is 630. The molecule has 0 radical (unpaired) electrons. The maximum absolute atomic E-state index is 13.5. The molecule has 0 amide bonds. The molecule has 4 heteroatoms. The monoisotopic (exact) mass is 287 g/mol. The van der Waals surface area contributed by atoms with Crippen LogP contribution in [-0.2, 0) is 0 Å². The number of hydrogen-bond donors (Lipinski definition) is 1. The van der Waals surface area contributed by atoms with Crippen LogP contribution < -0.4 is 15.2 Å². The third kappa shape index (κ3) is 3.00. The second kappa shape index (κ2) is 6.14. The topological polar surface area (TPSA) is 44.5 Å². The molecule has 1 aliphatic heterocycles. The molecule has 2 aromatic rings. The Morgan fingerprint density at radius 2 is 1.76 bits per heavy atom. The van der Waals surface area contributed by atoms with Crippen LogP contribution in [0.3, 0.4) is 0 Å². The molecule has 0 fully saturated rings. The molecular weight excluding hydrogens is 269 g/mol. The molecule has 1 heterocycles. The van der Waals surface area contributed by atoms with Gasteiger partial charge in [-0.1, -0.05) is 18.2 Å². The minimum atomic E-state index is -0.230. The number of halogens is 1. The Balaban J connectivity index is 1.97. The third-order valence-electron chi connectivity index (χ3n) is 3.67. The fourth-order valence-electron chi connectivity index (χ4n) is 2.69. The Morgan fingerprint density at radius 1 is 1.00 bits per heavy atom. The Kier molecular flexibility index (Phi) is 4.06. The molecule has 0 aliphatic carbocycles. The number of fused-ring (bicyclic) bond motifs is 1. The highest BCUT2D eigenvalue weighted by Gasteiger charge is 2.18. The Morgan fingerprint density at radius 3 is 2.52 bits per heavy atom.